The number of aryl methyl sites for hydroxylation is 2. The van der Waals surface area contributed by atoms with Crippen LogP contribution in [0.5, 0.6) is 0 Å². The van der Waals surface area contributed by atoms with Crippen molar-refractivity contribution >= 4 is 17.7 Å². The van der Waals surface area contributed by atoms with Crippen LogP contribution in [0.3, 0.4) is 0 Å². The standard InChI is InChI=1S/C15H22N4O/c1-10-5-4-6-11(2)13(10)18-15(20)19-14(16-3)17-9-12-7-8-12/h4-6,12H,7-9H2,1-3H3,(H3,16,17,18,19,20). The van der Waals surface area contributed by atoms with Crippen LogP contribution in [-0.4, -0.2) is 25.6 Å². The first-order chi connectivity index (χ1) is 9.60. The molecule has 2 amide bonds. The van der Waals surface area contributed by atoms with Gasteiger partial charge < -0.3 is 10.6 Å². The number of carbonyl (C=O) groups is 1. The molecule has 0 saturated heterocycles. The average Bonchev–Trinajstić information content (AvgIpc) is 3.23. The molecule has 0 atom stereocenters. The van der Waals surface area contributed by atoms with Crippen LogP contribution < -0.4 is 16.0 Å². The first-order valence-corrected chi connectivity index (χ1v) is 6.95. The molecule has 0 unspecified atom stereocenters. The molecule has 1 saturated carbocycles. The van der Waals surface area contributed by atoms with Gasteiger partial charge in [0, 0.05) is 19.3 Å². The van der Waals surface area contributed by atoms with E-state index in [1.54, 1.807) is 7.05 Å². The Morgan fingerprint density at radius 2 is 1.95 bits per heavy atom. The zero-order valence-corrected chi connectivity index (χ0v) is 12.3. The van der Waals surface area contributed by atoms with Crippen molar-refractivity contribution in [3.63, 3.8) is 0 Å². The highest BCUT2D eigenvalue weighted by atomic mass is 16.2. The Kier molecular flexibility index (Phi) is 4.61. The van der Waals surface area contributed by atoms with Gasteiger partial charge in [-0.05, 0) is 43.7 Å². The molecule has 3 N–H and O–H groups in total. The topological polar surface area (TPSA) is 65.5 Å². The first-order valence-electron chi connectivity index (χ1n) is 6.95. The van der Waals surface area contributed by atoms with E-state index in [2.05, 4.69) is 20.9 Å². The molecule has 2 rings (SSSR count). The molecule has 0 bridgehead atoms. The molecule has 0 aromatic heterocycles. The Morgan fingerprint density at radius 1 is 1.30 bits per heavy atom. The van der Waals surface area contributed by atoms with Crippen molar-refractivity contribution in [2.24, 2.45) is 10.9 Å². The number of benzene rings is 1. The van der Waals surface area contributed by atoms with Crippen molar-refractivity contribution in [2.75, 3.05) is 18.9 Å². The zero-order chi connectivity index (χ0) is 14.5. The van der Waals surface area contributed by atoms with Gasteiger partial charge in [-0.25, -0.2) is 4.79 Å². The van der Waals surface area contributed by atoms with Gasteiger partial charge in [0.25, 0.3) is 0 Å². The van der Waals surface area contributed by atoms with E-state index < -0.39 is 0 Å². The van der Waals surface area contributed by atoms with E-state index in [-0.39, 0.29) is 6.03 Å². The van der Waals surface area contributed by atoms with Crippen LogP contribution >= 0.6 is 0 Å². The second kappa shape index (κ2) is 6.41. The molecule has 20 heavy (non-hydrogen) atoms. The van der Waals surface area contributed by atoms with Gasteiger partial charge in [0.15, 0.2) is 5.96 Å². The van der Waals surface area contributed by atoms with Crippen LogP contribution in [0.25, 0.3) is 0 Å². The Bertz CT molecular complexity index is 500. The molecule has 0 aliphatic heterocycles. The van der Waals surface area contributed by atoms with Crippen LogP contribution in [0, 0.1) is 19.8 Å². The van der Waals surface area contributed by atoms with E-state index in [0.717, 1.165) is 29.3 Å². The summed E-state index contributed by atoms with van der Waals surface area (Å²) in [6.45, 7) is 4.82. The number of carbonyl (C=O) groups excluding carboxylic acids is 1. The molecule has 1 aromatic carbocycles. The molecule has 0 heterocycles. The summed E-state index contributed by atoms with van der Waals surface area (Å²) >= 11 is 0. The fourth-order valence-electron chi connectivity index (χ4n) is 2.01. The minimum absolute atomic E-state index is 0.272. The maximum absolute atomic E-state index is 12.0. The van der Waals surface area contributed by atoms with E-state index in [0.29, 0.717) is 5.96 Å². The highest BCUT2D eigenvalue weighted by Crippen LogP contribution is 2.27. The van der Waals surface area contributed by atoms with Crippen LogP contribution in [0.1, 0.15) is 24.0 Å². The average molecular weight is 274 g/mol. The van der Waals surface area contributed by atoms with Crippen LogP contribution in [0.15, 0.2) is 23.2 Å². The lowest BCUT2D eigenvalue weighted by molar-refractivity contribution is 0.256. The Hall–Kier alpha value is -2.04. The van der Waals surface area contributed by atoms with Crippen LogP contribution in [0.4, 0.5) is 10.5 Å². The van der Waals surface area contributed by atoms with E-state index in [1.807, 2.05) is 32.0 Å². The van der Waals surface area contributed by atoms with Gasteiger partial charge in [0.2, 0.25) is 0 Å². The summed E-state index contributed by atoms with van der Waals surface area (Å²) in [5, 5.41) is 8.77. The second-order valence-corrected chi connectivity index (χ2v) is 5.24. The summed E-state index contributed by atoms with van der Waals surface area (Å²) < 4.78 is 0. The van der Waals surface area contributed by atoms with Gasteiger partial charge in [-0.15, -0.1) is 0 Å². The monoisotopic (exact) mass is 274 g/mol. The SMILES string of the molecule is CN=C(NCC1CC1)NC(=O)Nc1c(C)cccc1C. The highest BCUT2D eigenvalue weighted by molar-refractivity contribution is 6.02. The van der Waals surface area contributed by atoms with E-state index >= 15 is 0 Å². The molecular weight excluding hydrogens is 252 g/mol. The normalized spacial score (nSPS) is 14.8. The fourth-order valence-corrected chi connectivity index (χ4v) is 2.01. The van der Waals surface area contributed by atoms with Gasteiger partial charge in [-0.1, -0.05) is 18.2 Å². The van der Waals surface area contributed by atoms with E-state index in [4.69, 9.17) is 0 Å². The number of hydrogen-bond acceptors (Lipinski definition) is 2. The summed E-state index contributed by atoms with van der Waals surface area (Å²) in [5.41, 5.74) is 2.93. The van der Waals surface area contributed by atoms with Crippen molar-refractivity contribution in [3.05, 3.63) is 29.3 Å². The quantitative estimate of drug-likeness (QED) is 0.585. The third kappa shape index (κ3) is 3.98. The molecular formula is C15H22N4O. The largest absolute Gasteiger partial charge is 0.356 e. The van der Waals surface area contributed by atoms with Crippen LogP contribution in [-0.2, 0) is 0 Å². The molecule has 0 radical (unpaired) electrons. The van der Waals surface area contributed by atoms with Crippen molar-refractivity contribution in [1.82, 2.24) is 10.6 Å². The fraction of sp³-hybridized carbons (Fsp3) is 0.467. The Balaban J connectivity index is 1.90. The van der Waals surface area contributed by atoms with Crippen LogP contribution in [0.2, 0.25) is 0 Å². The van der Waals surface area contributed by atoms with Crippen molar-refractivity contribution < 1.29 is 4.79 Å². The molecule has 1 aromatic rings. The third-order valence-electron chi connectivity index (χ3n) is 3.43. The molecule has 1 aliphatic carbocycles. The predicted octanol–water partition coefficient (Wildman–Crippen LogP) is 2.41. The Morgan fingerprint density at radius 3 is 2.50 bits per heavy atom. The minimum Gasteiger partial charge on any atom is -0.356 e. The highest BCUT2D eigenvalue weighted by Gasteiger charge is 2.21. The molecule has 1 fully saturated rings. The van der Waals surface area contributed by atoms with Crippen molar-refractivity contribution in [2.45, 2.75) is 26.7 Å². The summed E-state index contributed by atoms with van der Waals surface area (Å²) in [6.07, 6.45) is 2.52. The van der Waals surface area contributed by atoms with E-state index in [9.17, 15) is 4.79 Å². The summed E-state index contributed by atoms with van der Waals surface area (Å²) in [4.78, 5) is 16.1. The van der Waals surface area contributed by atoms with Gasteiger partial charge >= 0.3 is 6.03 Å². The number of nitrogens with zero attached hydrogens (tertiary/aromatic N) is 1. The van der Waals surface area contributed by atoms with Crippen molar-refractivity contribution in [1.29, 1.82) is 0 Å². The molecule has 1 aliphatic rings. The first kappa shape index (κ1) is 14.4. The number of guanidine groups is 1. The summed E-state index contributed by atoms with van der Waals surface area (Å²) in [5.74, 6) is 1.25. The van der Waals surface area contributed by atoms with Gasteiger partial charge in [-0.3, -0.25) is 10.3 Å². The van der Waals surface area contributed by atoms with Gasteiger partial charge in [0.05, 0.1) is 0 Å². The number of amides is 2. The lowest BCUT2D eigenvalue weighted by Crippen LogP contribution is -2.43. The lowest BCUT2D eigenvalue weighted by Gasteiger charge is -2.14. The third-order valence-corrected chi connectivity index (χ3v) is 3.43. The lowest BCUT2D eigenvalue weighted by atomic mass is 10.1. The molecule has 5 nitrogen and oxygen atoms in total. The molecule has 5 heteroatoms. The number of rotatable bonds is 3. The molecule has 108 valence electrons. The number of para-hydroxylation sites is 1. The number of aliphatic imine (C=N–C) groups is 1. The number of anilines is 1. The van der Waals surface area contributed by atoms with Gasteiger partial charge in [-0.2, -0.15) is 0 Å². The zero-order valence-electron chi connectivity index (χ0n) is 12.3. The minimum atomic E-state index is -0.272. The number of hydrogen-bond donors (Lipinski definition) is 3. The number of nitrogens with one attached hydrogen (secondary N) is 3. The maximum atomic E-state index is 12.0. The van der Waals surface area contributed by atoms with Crippen molar-refractivity contribution in [3.8, 4) is 0 Å². The maximum Gasteiger partial charge on any atom is 0.326 e. The van der Waals surface area contributed by atoms with Gasteiger partial charge in [0.1, 0.15) is 0 Å². The number of urea groups is 1. The Labute approximate surface area is 119 Å². The summed E-state index contributed by atoms with van der Waals surface area (Å²) in [6, 6.07) is 5.65. The molecule has 0 spiro atoms. The summed E-state index contributed by atoms with van der Waals surface area (Å²) in [7, 11) is 1.66. The van der Waals surface area contributed by atoms with E-state index in [1.165, 1.54) is 12.8 Å². The smallest absolute Gasteiger partial charge is 0.326 e. The second-order valence-electron chi connectivity index (χ2n) is 5.24. The predicted molar refractivity (Wildman–Crippen MR) is 82.2 cm³/mol.